The molecule has 106 valence electrons. The number of carbonyl (C=O) groups is 1. The van der Waals surface area contributed by atoms with Gasteiger partial charge in [-0.25, -0.2) is 14.5 Å². The van der Waals surface area contributed by atoms with E-state index in [1.165, 1.54) is 32.0 Å². The van der Waals surface area contributed by atoms with Gasteiger partial charge in [-0.15, -0.1) is 0 Å². The van der Waals surface area contributed by atoms with Crippen LogP contribution >= 0.6 is 0 Å². The number of urea groups is 1. The maximum Gasteiger partial charge on any atom is 0.315 e. The minimum atomic E-state index is -0.0913. The Balaban J connectivity index is 1.71. The van der Waals surface area contributed by atoms with Gasteiger partial charge in [0.2, 0.25) is 0 Å². The number of nitrogens with one attached hydrogen (secondary N) is 2. The zero-order valence-corrected chi connectivity index (χ0v) is 11.7. The fourth-order valence-corrected chi connectivity index (χ4v) is 2.49. The summed E-state index contributed by atoms with van der Waals surface area (Å²) in [5, 5.41) is 10.0. The van der Waals surface area contributed by atoms with E-state index in [0.29, 0.717) is 5.92 Å². The van der Waals surface area contributed by atoms with Gasteiger partial charge in [0.15, 0.2) is 0 Å². The Labute approximate surface area is 114 Å². The molecule has 0 unspecified atom stereocenters. The van der Waals surface area contributed by atoms with Crippen LogP contribution in [0.1, 0.15) is 45.6 Å². The predicted molar refractivity (Wildman–Crippen MR) is 72.7 cm³/mol. The molecule has 0 spiro atoms. The van der Waals surface area contributed by atoms with Gasteiger partial charge in [-0.05, 0) is 32.6 Å². The Morgan fingerprint density at radius 1 is 1.42 bits per heavy atom. The number of hydrogen-bond donors (Lipinski definition) is 2. The summed E-state index contributed by atoms with van der Waals surface area (Å²) in [6, 6.07) is -0.00336. The molecule has 0 aliphatic heterocycles. The van der Waals surface area contributed by atoms with Gasteiger partial charge in [-0.3, -0.25) is 0 Å². The zero-order valence-electron chi connectivity index (χ0n) is 11.7. The average molecular weight is 265 g/mol. The molecule has 6 heteroatoms. The number of nitrogens with zero attached hydrogens (tertiary/aromatic N) is 3. The molecule has 19 heavy (non-hydrogen) atoms. The number of carbonyl (C=O) groups excluding carboxylic acids is 1. The van der Waals surface area contributed by atoms with Gasteiger partial charge in [0, 0.05) is 12.6 Å². The Morgan fingerprint density at radius 2 is 2.16 bits per heavy atom. The highest BCUT2D eigenvalue weighted by molar-refractivity contribution is 5.74. The van der Waals surface area contributed by atoms with E-state index in [1.807, 2.05) is 13.8 Å². The summed E-state index contributed by atoms with van der Waals surface area (Å²) in [6.45, 7) is 4.77. The normalized spacial score (nSPS) is 19.1. The molecule has 0 saturated heterocycles. The summed E-state index contributed by atoms with van der Waals surface area (Å²) in [7, 11) is 0. The number of hydrogen-bond acceptors (Lipinski definition) is 3. The lowest BCUT2D eigenvalue weighted by molar-refractivity contribution is 0.230. The van der Waals surface area contributed by atoms with Crippen LogP contribution in [0, 0.1) is 5.92 Å². The Kier molecular flexibility index (Phi) is 4.76. The minimum absolute atomic E-state index is 0.00489. The van der Waals surface area contributed by atoms with Crippen LogP contribution < -0.4 is 10.6 Å². The molecular weight excluding hydrogens is 242 g/mol. The van der Waals surface area contributed by atoms with Crippen molar-refractivity contribution in [1.82, 2.24) is 25.4 Å². The highest BCUT2D eigenvalue weighted by atomic mass is 16.2. The molecule has 1 aromatic rings. The fraction of sp³-hybridized carbons (Fsp3) is 0.769. The van der Waals surface area contributed by atoms with Gasteiger partial charge in [-0.1, -0.05) is 12.8 Å². The number of aromatic nitrogens is 3. The molecule has 2 N–H and O–H groups in total. The van der Waals surface area contributed by atoms with Gasteiger partial charge in [0.05, 0.1) is 6.04 Å². The summed E-state index contributed by atoms with van der Waals surface area (Å²) in [6.07, 6.45) is 8.25. The first-order valence-corrected chi connectivity index (χ1v) is 7.05. The Morgan fingerprint density at radius 3 is 2.79 bits per heavy atom. The quantitative estimate of drug-likeness (QED) is 0.851. The van der Waals surface area contributed by atoms with Gasteiger partial charge < -0.3 is 10.6 Å². The first-order chi connectivity index (χ1) is 9.16. The fourth-order valence-electron chi connectivity index (χ4n) is 2.49. The highest BCUT2D eigenvalue weighted by Crippen LogP contribution is 2.23. The molecule has 6 nitrogen and oxygen atoms in total. The molecule has 1 saturated carbocycles. The third kappa shape index (κ3) is 3.94. The van der Waals surface area contributed by atoms with Crippen molar-refractivity contribution in [2.45, 2.75) is 51.6 Å². The first kappa shape index (κ1) is 13.8. The topological polar surface area (TPSA) is 71.8 Å². The van der Waals surface area contributed by atoms with E-state index in [1.54, 1.807) is 11.0 Å². The molecular formula is C13H23N5O. The van der Waals surface area contributed by atoms with E-state index in [-0.39, 0.29) is 18.1 Å². The second kappa shape index (κ2) is 6.54. The molecule has 0 aromatic carbocycles. The summed E-state index contributed by atoms with van der Waals surface area (Å²) in [5.74, 6) is 0.661. The van der Waals surface area contributed by atoms with Crippen LogP contribution in [0.3, 0.4) is 0 Å². The summed E-state index contributed by atoms with van der Waals surface area (Å²) in [4.78, 5) is 15.7. The molecule has 0 radical (unpaired) electrons. The van der Waals surface area contributed by atoms with Crippen LogP contribution in [-0.4, -0.2) is 33.4 Å². The maximum absolute atomic E-state index is 11.8. The maximum atomic E-state index is 11.8. The van der Waals surface area contributed by atoms with E-state index in [2.05, 4.69) is 20.7 Å². The monoisotopic (exact) mass is 265 g/mol. The second-order valence-electron chi connectivity index (χ2n) is 5.41. The van der Waals surface area contributed by atoms with Crippen molar-refractivity contribution < 1.29 is 4.79 Å². The Hall–Kier alpha value is -1.59. The zero-order chi connectivity index (χ0) is 13.7. The first-order valence-electron chi connectivity index (χ1n) is 7.05. The van der Waals surface area contributed by atoms with Gasteiger partial charge in [0.1, 0.15) is 12.7 Å². The lowest BCUT2D eigenvalue weighted by atomic mass is 10.1. The van der Waals surface area contributed by atoms with E-state index < -0.39 is 0 Å². The lowest BCUT2D eigenvalue weighted by Crippen LogP contribution is -2.45. The van der Waals surface area contributed by atoms with Crippen LogP contribution in [-0.2, 0) is 0 Å². The van der Waals surface area contributed by atoms with Crippen molar-refractivity contribution >= 4 is 6.03 Å². The van der Waals surface area contributed by atoms with Crippen molar-refractivity contribution in [2.75, 3.05) is 6.54 Å². The van der Waals surface area contributed by atoms with E-state index >= 15 is 0 Å². The molecule has 2 amide bonds. The molecule has 1 aliphatic rings. The van der Waals surface area contributed by atoms with Crippen LogP contribution in [0.15, 0.2) is 12.7 Å². The molecule has 0 bridgehead atoms. The summed E-state index contributed by atoms with van der Waals surface area (Å²) < 4.78 is 1.75. The third-order valence-electron chi connectivity index (χ3n) is 3.96. The van der Waals surface area contributed by atoms with Crippen molar-refractivity contribution in [3.8, 4) is 0 Å². The van der Waals surface area contributed by atoms with Crippen LogP contribution in [0.4, 0.5) is 4.79 Å². The van der Waals surface area contributed by atoms with Crippen molar-refractivity contribution in [3.63, 3.8) is 0 Å². The third-order valence-corrected chi connectivity index (χ3v) is 3.96. The molecule has 1 fully saturated rings. The number of rotatable bonds is 5. The van der Waals surface area contributed by atoms with E-state index in [4.69, 9.17) is 0 Å². The molecule has 2 atom stereocenters. The van der Waals surface area contributed by atoms with Crippen molar-refractivity contribution in [3.05, 3.63) is 12.7 Å². The predicted octanol–water partition coefficient (Wildman–Crippen LogP) is 1.72. The Bertz CT molecular complexity index is 386. The van der Waals surface area contributed by atoms with E-state index in [9.17, 15) is 4.79 Å². The largest absolute Gasteiger partial charge is 0.338 e. The van der Waals surface area contributed by atoms with Crippen LogP contribution in [0.2, 0.25) is 0 Å². The minimum Gasteiger partial charge on any atom is -0.338 e. The van der Waals surface area contributed by atoms with Gasteiger partial charge in [-0.2, -0.15) is 5.10 Å². The van der Waals surface area contributed by atoms with Gasteiger partial charge in [0.25, 0.3) is 0 Å². The van der Waals surface area contributed by atoms with Crippen molar-refractivity contribution in [1.29, 1.82) is 0 Å². The van der Waals surface area contributed by atoms with Crippen LogP contribution in [0.5, 0.6) is 0 Å². The lowest BCUT2D eigenvalue weighted by Gasteiger charge is -2.22. The number of amides is 2. The molecule has 1 heterocycles. The van der Waals surface area contributed by atoms with Crippen LogP contribution in [0.25, 0.3) is 0 Å². The highest BCUT2D eigenvalue weighted by Gasteiger charge is 2.19. The summed E-state index contributed by atoms with van der Waals surface area (Å²) in [5.41, 5.74) is 0. The summed E-state index contributed by atoms with van der Waals surface area (Å²) >= 11 is 0. The average Bonchev–Trinajstić information content (AvgIpc) is 3.08. The molecule has 1 aromatic heterocycles. The second-order valence-corrected chi connectivity index (χ2v) is 5.41. The molecule has 2 rings (SSSR count). The van der Waals surface area contributed by atoms with Crippen molar-refractivity contribution in [2.24, 2.45) is 5.92 Å². The molecule has 1 aliphatic carbocycles. The van der Waals surface area contributed by atoms with E-state index in [0.717, 1.165) is 6.54 Å². The standard InChI is InChI=1S/C13H23N5O/c1-10(11(2)18-9-14-8-16-18)17-13(19)15-7-12-5-3-4-6-12/h8-12H,3-7H2,1-2H3,(H2,15,17,19)/t10-,11+/m0/s1. The smallest absolute Gasteiger partial charge is 0.315 e. The SMILES string of the molecule is C[C@H](NC(=O)NCC1CCCC1)[C@@H](C)n1cncn1. The van der Waals surface area contributed by atoms with Gasteiger partial charge >= 0.3 is 6.03 Å².